The van der Waals surface area contributed by atoms with Gasteiger partial charge in [0.2, 0.25) is 0 Å². The van der Waals surface area contributed by atoms with Crippen molar-refractivity contribution in [2.75, 3.05) is 26.2 Å². The van der Waals surface area contributed by atoms with Crippen LogP contribution in [0.1, 0.15) is 30.4 Å². The molecule has 3 rings (SSSR count). The van der Waals surface area contributed by atoms with E-state index in [1.54, 1.807) is 0 Å². The first-order chi connectivity index (χ1) is 11.2. The maximum atomic E-state index is 10.2. The number of nitrogens with one attached hydrogen (secondary N) is 1. The molecule has 2 aromatic rings. The minimum atomic E-state index is -0.497. The van der Waals surface area contributed by atoms with Crippen molar-refractivity contribution in [1.29, 1.82) is 0 Å². The number of β-amino-alcohol motifs (C(OH)–C–C–N with tert-alkyl or cyclic N) is 1. The third-order valence-corrected chi connectivity index (χ3v) is 4.14. The zero-order valence-electron chi connectivity index (χ0n) is 13.5. The van der Waals surface area contributed by atoms with Crippen molar-refractivity contribution in [3.8, 4) is 5.75 Å². The summed E-state index contributed by atoms with van der Waals surface area (Å²) in [4.78, 5) is 6.72. The number of aromatic nitrogens is 3. The van der Waals surface area contributed by atoms with E-state index in [0.29, 0.717) is 19.1 Å². The molecule has 1 aromatic heterocycles. The number of nitrogens with zero attached hydrogens (tertiary/aromatic N) is 3. The van der Waals surface area contributed by atoms with Crippen LogP contribution in [-0.2, 0) is 0 Å². The predicted molar refractivity (Wildman–Crippen MR) is 87.5 cm³/mol. The van der Waals surface area contributed by atoms with Crippen molar-refractivity contribution in [3.05, 3.63) is 42.0 Å². The summed E-state index contributed by atoms with van der Waals surface area (Å²) in [6.07, 6.45) is 1.71. The largest absolute Gasteiger partial charge is 0.491 e. The molecule has 1 aromatic carbocycles. The molecule has 0 radical (unpaired) electrons. The first-order valence-corrected chi connectivity index (χ1v) is 8.18. The van der Waals surface area contributed by atoms with Gasteiger partial charge in [0.25, 0.3) is 0 Å². The Morgan fingerprint density at radius 3 is 2.96 bits per heavy atom. The van der Waals surface area contributed by atoms with E-state index in [0.717, 1.165) is 43.3 Å². The number of hydrogen-bond acceptors (Lipinski definition) is 5. The second-order valence-electron chi connectivity index (χ2n) is 6.16. The lowest BCUT2D eigenvalue weighted by molar-refractivity contribution is 0.0578. The average Bonchev–Trinajstić information content (AvgIpc) is 3.01. The Morgan fingerprint density at radius 1 is 1.39 bits per heavy atom. The van der Waals surface area contributed by atoms with Gasteiger partial charge in [0.1, 0.15) is 24.3 Å². The van der Waals surface area contributed by atoms with Crippen LogP contribution in [0.5, 0.6) is 5.75 Å². The van der Waals surface area contributed by atoms with Crippen LogP contribution in [-0.4, -0.2) is 57.5 Å². The molecular formula is C17H24N4O2. The highest BCUT2D eigenvalue weighted by molar-refractivity contribution is 5.20. The van der Waals surface area contributed by atoms with Crippen molar-refractivity contribution in [2.45, 2.75) is 31.8 Å². The predicted octanol–water partition coefficient (Wildman–Crippen LogP) is 1.73. The molecule has 0 aliphatic carbocycles. The molecule has 1 saturated heterocycles. The molecule has 6 nitrogen and oxygen atoms in total. The summed E-state index contributed by atoms with van der Waals surface area (Å²) in [6, 6.07) is 9.60. The number of aryl methyl sites for hydroxylation is 1. The lowest BCUT2D eigenvalue weighted by Gasteiger charge is -2.32. The van der Waals surface area contributed by atoms with Crippen LogP contribution in [0.3, 0.4) is 0 Å². The first-order valence-electron chi connectivity index (χ1n) is 8.18. The third-order valence-electron chi connectivity index (χ3n) is 4.14. The molecule has 0 saturated carbocycles. The van der Waals surface area contributed by atoms with Gasteiger partial charge in [-0.2, -0.15) is 5.10 Å². The van der Waals surface area contributed by atoms with E-state index in [-0.39, 0.29) is 0 Å². The van der Waals surface area contributed by atoms with Gasteiger partial charge in [0.05, 0.1) is 0 Å². The second kappa shape index (κ2) is 7.57. The molecule has 1 aliphatic rings. The molecule has 0 spiro atoms. The van der Waals surface area contributed by atoms with E-state index in [1.165, 1.54) is 0 Å². The van der Waals surface area contributed by atoms with Crippen molar-refractivity contribution in [3.63, 3.8) is 0 Å². The fourth-order valence-corrected chi connectivity index (χ4v) is 3.03. The van der Waals surface area contributed by atoms with Gasteiger partial charge in [0.15, 0.2) is 5.82 Å². The molecule has 2 heterocycles. The normalized spacial score (nSPS) is 20.3. The molecule has 2 unspecified atom stereocenters. The average molecular weight is 316 g/mol. The molecule has 6 heteroatoms. The molecular weight excluding hydrogens is 292 g/mol. The fraction of sp³-hybridized carbons (Fsp3) is 0.529. The standard InChI is InChI=1S/C17H24N4O2/c1-13-18-17(20-19-13)14-6-5-9-21(10-14)11-15(22)12-23-16-7-3-2-4-8-16/h2-4,7-8,14-15,22H,5-6,9-12H2,1H3,(H,18,19,20). The Balaban J connectivity index is 1.47. The van der Waals surface area contributed by atoms with Gasteiger partial charge in [-0.25, -0.2) is 4.98 Å². The number of benzene rings is 1. The summed E-state index contributed by atoms with van der Waals surface area (Å²) in [6.45, 7) is 4.74. The topological polar surface area (TPSA) is 74.3 Å². The number of H-pyrrole nitrogens is 1. The summed E-state index contributed by atoms with van der Waals surface area (Å²) in [5.74, 6) is 2.88. The van der Waals surface area contributed by atoms with E-state index in [4.69, 9.17) is 4.74 Å². The monoisotopic (exact) mass is 316 g/mol. The summed E-state index contributed by atoms with van der Waals surface area (Å²) in [5.41, 5.74) is 0. The molecule has 1 fully saturated rings. The number of ether oxygens (including phenoxy) is 1. The zero-order valence-corrected chi connectivity index (χ0v) is 13.5. The van der Waals surface area contributed by atoms with Gasteiger partial charge in [-0.1, -0.05) is 18.2 Å². The van der Waals surface area contributed by atoms with Crippen molar-refractivity contribution >= 4 is 0 Å². The number of para-hydroxylation sites is 1. The Kier molecular flexibility index (Phi) is 5.25. The van der Waals surface area contributed by atoms with Crippen molar-refractivity contribution < 1.29 is 9.84 Å². The quantitative estimate of drug-likeness (QED) is 0.849. The van der Waals surface area contributed by atoms with Crippen LogP contribution in [0.4, 0.5) is 0 Å². The number of piperidine rings is 1. The van der Waals surface area contributed by atoms with Gasteiger partial charge < -0.3 is 9.84 Å². The Bertz CT molecular complexity index is 602. The van der Waals surface area contributed by atoms with Crippen LogP contribution in [0, 0.1) is 6.92 Å². The number of aliphatic hydroxyl groups excluding tert-OH is 1. The van der Waals surface area contributed by atoms with Crippen LogP contribution >= 0.6 is 0 Å². The molecule has 0 amide bonds. The van der Waals surface area contributed by atoms with E-state index in [9.17, 15) is 5.11 Å². The second-order valence-corrected chi connectivity index (χ2v) is 6.16. The van der Waals surface area contributed by atoms with Gasteiger partial charge in [-0.3, -0.25) is 10.00 Å². The number of hydrogen-bond donors (Lipinski definition) is 2. The SMILES string of the molecule is Cc1nc(C2CCCN(CC(O)COc3ccccc3)C2)n[nH]1. The zero-order chi connectivity index (χ0) is 16.1. The number of rotatable bonds is 6. The van der Waals surface area contributed by atoms with E-state index in [1.807, 2.05) is 37.3 Å². The molecule has 2 atom stereocenters. The number of likely N-dealkylation sites (tertiary alicyclic amines) is 1. The lowest BCUT2D eigenvalue weighted by atomic mass is 9.97. The molecule has 2 N–H and O–H groups in total. The fourth-order valence-electron chi connectivity index (χ4n) is 3.03. The van der Waals surface area contributed by atoms with Crippen LogP contribution in [0.2, 0.25) is 0 Å². The van der Waals surface area contributed by atoms with Gasteiger partial charge in [-0.15, -0.1) is 0 Å². The van der Waals surface area contributed by atoms with Crippen LogP contribution in [0.25, 0.3) is 0 Å². The van der Waals surface area contributed by atoms with Crippen molar-refractivity contribution in [1.82, 2.24) is 20.1 Å². The molecule has 0 bridgehead atoms. The first kappa shape index (κ1) is 16.0. The highest BCUT2D eigenvalue weighted by Gasteiger charge is 2.25. The van der Waals surface area contributed by atoms with Crippen molar-refractivity contribution in [2.24, 2.45) is 0 Å². The summed E-state index contributed by atoms with van der Waals surface area (Å²) in [5, 5.41) is 17.4. The Morgan fingerprint density at radius 2 is 2.22 bits per heavy atom. The Hall–Kier alpha value is -1.92. The van der Waals surface area contributed by atoms with Gasteiger partial charge in [0, 0.05) is 19.0 Å². The molecule has 124 valence electrons. The maximum Gasteiger partial charge on any atom is 0.155 e. The summed E-state index contributed by atoms with van der Waals surface area (Å²) in [7, 11) is 0. The highest BCUT2D eigenvalue weighted by atomic mass is 16.5. The van der Waals surface area contributed by atoms with E-state index < -0.39 is 6.10 Å². The Labute approximate surface area is 136 Å². The minimum Gasteiger partial charge on any atom is -0.491 e. The van der Waals surface area contributed by atoms with E-state index >= 15 is 0 Å². The lowest BCUT2D eigenvalue weighted by Crippen LogP contribution is -2.41. The molecule has 23 heavy (non-hydrogen) atoms. The minimum absolute atomic E-state index is 0.310. The maximum absolute atomic E-state index is 10.2. The number of aromatic amines is 1. The highest BCUT2D eigenvalue weighted by Crippen LogP contribution is 2.24. The summed E-state index contributed by atoms with van der Waals surface area (Å²) < 4.78 is 5.62. The summed E-state index contributed by atoms with van der Waals surface area (Å²) >= 11 is 0. The van der Waals surface area contributed by atoms with Crippen LogP contribution in [0.15, 0.2) is 30.3 Å². The number of aliphatic hydroxyl groups is 1. The van der Waals surface area contributed by atoms with Gasteiger partial charge in [-0.05, 0) is 38.4 Å². The smallest absolute Gasteiger partial charge is 0.155 e. The van der Waals surface area contributed by atoms with Crippen LogP contribution < -0.4 is 4.74 Å². The van der Waals surface area contributed by atoms with E-state index in [2.05, 4.69) is 20.1 Å². The third kappa shape index (κ3) is 4.53. The van der Waals surface area contributed by atoms with Gasteiger partial charge >= 0.3 is 0 Å². The molecule has 1 aliphatic heterocycles.